The second-order valence-corrected chi connectivity index (χ2v) is 4.75. The Hall–Kier alpha value is -2.24. The molecule has 5 heteroatoms. The maximum absolute atomic E-state index is 9.32. The molecule has 2 N–H and O–H groups in total. The lowest BCUT2D eigenvalue weighted by atomic mass is 9.78. The minimum atomic E-state index is -0.633. The van der Waals surface area contributed by atoms with E-state index in [1.807, 2.05) is 31.2 Å². The minimum Gasteiger partial charge on any atom is -0.386 e. The highest BCUT2D eigenvalue weighted by molar-refractivity contribution is 7.84. The van der Waals surface area contributed by atoms with E-state index in [1.165, 1.54) is 0 Å². The number of nitriles is 2. The number of rotatable bonds is 1. The lowest BCUT2D eigenvalue weighted by Crippen LogP contribution is -2.32. The predicted octanol–water partition coefficient (Wildman–Crippen LogP) is 2.25. The highest BCUT2D eigenvalue weighted by atomic mass is 32.1. The van der Waals surface area contributed by atoms with Gasteiger partial charge in [0.1, 0.15) is 16.8 Å². The van der Waals surface area contributed by atoms with Crippen molar-refractivity contribution in [2.75, 3.05) is 0 Å². The monoisotopic (exact) mass is 268 g/mol. The first-order valence-electron chi connectivity index (χ1n) is 5.72. The Balaban J connectivity index is 2.66. The van der Waals surface area contributed by atoms with Crippen molar-refractivity contribution in [2.45, 2.75) is 12.8 Å². The Morgan fingerprint density at radius 2 is 2.00 bits per heavy atom. The lowest BCUT2D eigenvalue weighted by Gasteiger charge is -2.26. The maximum atomic E-state index is 9.32. The van der Waals surface area contributed by atoms with E-state index in [9.17, 15) is 10.5 Å². The van der Waals surface area contributed by atoms with Gasteiger partial charge in [-0.2, -0.15) is 10.5 Å². The number of hydrogen-bond acceptors (Lipinski definition) is 5. The summed E-state index contributed by atoms with van der Waals surface area (Å²) in [5.74, 6) is -0.826. The van der Waals surface area contributed by atoms with Gasteiger partial charge in [-0.05, 0) is 18.1 Å². The molecule has 1 aromatic rings. The fourth-order valence-electron chi connectivity index (χ4n) is 2.26. The van der Waals surface area contributed by atoms with Crippen molar-refractivity contribution in [1.82, 2.24) is 0 Å². The van der Waals surface area contributed by atoms with Gasteiger partial charge in [-0.1, -0.05) is 24.3 Å². The molecule has 1 aliphatic heterocycles. The summed E-state index contributed by atoms with van der Waals surface area (Å²) in [5, 5.41) is 18.9. The Bertz CT molecular complexity index is 661. The average Bonchev–Trinajstić information content (AvgIpc) is 2.38. The van der Waals surface area contributed by atoms with Gasteiger partial charge < -0.3 is 5.73 Å². The molecule has 2 atom stereocenters. The molecule has 0 aromatic heterocycles. The first kappa shape index (κ1) is 13.2. The number of aryl methyl sites for hydroxylation is 1. The molecule has 4 nitrogen and oxygen atoms in total. The molecule has 0 amide bonds. The highest BCUT2D eigenvalue weighted by Gasteiger charge is 2.35. The summed E-state index contributed by atoms with van der Waals surface area (Å²) in [6.45, 7) is 1.94. The quantitative estimate of drug-likeness (QED) is 0.766. The van der Waals surface area contributed by atoms with Gasteiger partial charge in [-0.25, -0.2) is 4.99 Å². The van der Waals surface area contributed by atoms with Crippen molar-refractivity contribution in [3.8, 4) is 12.1 Å². The number of allylic oxidation sites excluding steroid dienone is 1. The summed E-state index contributed by atoms with van der Waals surface area (Å²) in [7, 11) is 0. The SMILES string of the molecule is Cc1ccccc1[C@H]1C(C#N)=C(S)N=C(N)C1C#N. The number of benzene rings is 1. The van der Waals surface area contributed by atoms with Crippen LogP contribution in [0.2, 0.25) is 0 Å². The zero-order valence-electron chi connectivity index (χ0n) is 10.3. The summed E-state index contributed by atoms with van der Waals surface area (Å²) < 4.78 is 0. The van der Waals surface area contributed by atoms with Crippen LogP contribution in [-0.4, -0.2) is 5.84 Å². The molecule has 1 aliphatic rings. The van der Waals surface area contributed by atoms with Crippen molar-refractivity contribution in [1.29, 1.82) is 10.5 Å². The molecule has 1 aromatic carbocycles. The van der Waals surface area contributed by atoms with Gasteiger partial charge in [0.05, 0.1) is 17.7 Å². The van der Waals surface area contributed by atoms with Crippen LogP contribution in [0.4, 0.5) is 0 Å². The van der Waals surface area contributed by atoms with Gasteiger partial charge in [-0.15, -0.1) is 12.6 Å². The number of amidine groups is 1. The summed E-state index contributed by atoms with van der Waals surface area (Å²) in [6, 6.07) is 11.9. The van der Waals surface area contributed by atoms with E-state index in [0.717, 1.165) is 11.1 Å². The molecular formula is C14H12N4S. The number of thiol groups is 1. The molecule has 19 heavy (non-hydrogen) atoms. The first-order valence-corrected chi connectivity index (χ1v) is 6.17. The Morgan fingerprint density at radius 3 is 2.58 bits per heavy atom. The number of nitrogens with zero attached hydrogens (tertiary/aromatic N) is 3. The van der Waals surface area contributed by atoms with Crippen LogP contribution in [0.1, 0.15) is 17.0 Å². The minimum absolute atomic E-state index is 0.208. The lowest BCUT2D eigenvalue weighted by molar-refractivity contribution is 0.705. The molecule has 0 saturated carbocycles. The van der Waals surface area contributed by atoms with Gasteiger partial charge in [0, 0.05) is 5.92 Å². The second-order valence-electron chi connectivity index (χ2n) is 4.33. The fraction of sp³-hybridized carbons (Fsp3) is 0.214. The van der Waals surface area contributed by atoms with Gasteiger partial charge in [0.2, 0.25) is 0 Å². The number of nitrogens with two attached hydrogens (primary N) is 1. The van der Waals surface area contributed by atoms with Crippen LogP contribution in [0.3, 0.4) is 0 Å². The van der Waals surface area contributed by atoms with E-state index in [1.54, 1.807) is 0 Å². The molecule has 1 unspecified atom stereocenters. The highest BCUT2D eigenvalue weighted by Crippen LogP contribution is 2.39. The van der Waals surface area contributed by atoms with Gasteiger partial charge in [-0.3, -0.25) is 0 Å². The molecule has 0 fully saturated rings. The molecule has 0 saturated heterocycles. The Morgan fingerprint density at radius 1 is 1.32 bits per heavy atom. The van der Waals surface area contributed by atoms with Gasteiger partial charge >= 0.3 is 0 Å². The largest absolute Gasteiger partial charge is 0.386 e. The topological polar surface area (TPSA) is 86.0 Å². The smallest absolute Gasteiger partial charge is 0.119 e. The third-order valence-corrected chi connectivity index (χ3v) is 3.56. The third-order valence-electron chi connectivity index (χ3n) is 3.22. The summed E-state index contributed by atoms with van der Waals surface area (Å²) >= 11 is 4.20. The van der Waals surface area contributed by atoms with E-state index in [0.29, 0.717) is 10.6 Å². The van der Waals surface area contributed by atoms with E-state index in [4.69, 9.17) is 5.73 Å². The molecular weight excluding hydrogens is 256 g/mol. The van der Waals surface area contributed by atoms with Crippen LogP contribution in [-0.2, 0) is 0 Å². The van der Waals surface area contributed by atoms with Crippen LogP contribution in [0.15, 0.2) is 39.9 Å². The first-order chi connectivity index (χ1) is 9.10. The molecule has 0 radical (unpaired) electrons. The second kappa shape index (κ2) is 5.17. The summed E-state index contributed by atoms with van der Waals surface area (Å²) in [4.78, 5) is 3.99. The number of hydrogen-bond donors (Lipinski definition) is 2. The van der Waals surface area contributed by atoms with Crippen molar-refractivity contribution in [2.24, 2.45) is 16.6 Å². The normalized spacial score (nSPS) is 22.4. The zero-order valence-corrected chi connectivity index (χ0v) is 11.2. The van der Waals surface area contributed by atoms with Gasteiger partial charge in [0.15, 0.2) is 0 Å². The average molecular weight is 268 g/mol. The molecule has 94 valence electrons. The third kappa shape index (κ3) is 2.21. The molecule has 2 rings (SSSR count). The zero-order chi connectivity index (χ0) is 14.0. The molecule has 0 spiro atoms. The van der Waals surface area contributed by atoms with Crippen LogP contribution < -0.4 is 5.73 Å². The van der Waals surface area contributed by atoms with Crippen molar-refractivity contribution >= 4 is 18.5 Å². The number of aliphatic imine (C=N–C) groups is 1. The summed E-state index contributed by atoms with van der Waals surface area (Å²) in [5.41, 5.74) is 8.12. The van der Waals surface area contributed by atoms with E-state index in [2.05, 4.69) is 29.8 Å². The van der Waals surface area contributed by atoms with Crippen molar-refractivity contribution in [3.63, 3.8) is 0 Å². The van der Waals surface area contributed by atoms with Crippen LogP contribution >= 0.6 is 12.6 Å². The van der Waals surface area contributed by atoms with Crippen LogP contribution in [0.25, 0.3) is 0 Å². The fourth-order valence-corrected chi connectivity index (χ4v) is 2.56. The summed E-state index contributed by atoms with van der Waals surface area (Å²) in [6.07, 6.45) is 0. The molecule has 0 aliphatic carbocycles. The standard InChI is InChI=1S/C14H12N4S/c1-8-4-2-3-5-9(8)12-10(6-15)13(17)18-14(19)11(12)7-16/h2-5,10,12,19H,1H3,(H2,17,18)/t10?,12-/m1/s1. The van der Waals surface area contributed by atoms with E-state index in [-0.39, 0.29) is 5.84 Å². The van der Waals surface area contributed by atoms with Crippen LogP contribution in [0.5, 0.6) is 0 Å². The van der Waals surface area contributed by atoms with Crippen LogP contribution in [0, 0.1) is 35.5 Å². The molecule has 1 heterocycles. The van der Waals surface area contributed by atoms with Gasteiger partial charge in [0.25, 0.3) is 0 Å². The van der Waals surface area contributed by atoms with E-state index >= 15 is 0 Å². The Labute approximate surface area is 117 Å². The predicted molar refractivity (Wildman–Crippen MR) is 76.3 cm³/mol. The van der Waals surface area contributed by atoms with Crippen molar-refractivity contribution in [3.05, 3.63) is 46.0 Å². The van der Waals surface area contributed by atoms with E-state index < -0.39 is 11.8 Å². The molecule has 0 bridgehead atoms. The Kier molecular flexibility index (Phi) is 3.59. The maximum Gasteiger partial charge on any atom is 0.119 e. The van der Waals surface area contributed by atoms with Crippen molar-refractivity contribution < 1.29 is 0 Å².